The van der Waals surface area contributed by atoms with Gasteiger partial charge in [0.1, 0.15) is 17.4 Å². The van der Waals surface area contributed by atoms with Crippen molar-refractivity contribution in [1.82, 2.24) is 9.97 Å². The van der Waals surface area contributed by atoms with Gasteiger partial charge in [0.15, 0.2) is 5.82 Å². The molecule has 4 aromatic heterocycles. The third-order valence-electron chi connectivity index (χ3n) is 3.93. The number of rotatable bonds is 5. The molecular weight excluding hydrogens is 358 g/mol. The Morgan fingerprint density at radius 2 is 2.04 bits per heavy atom. The van der Waals surface area contributed by atoms with Gasteiger partial charge < -0.3 is 10.3 Å². The molecule has 4 heterocycles. The Labute approximate surface area is 150 Å². The number of aromatic nitrogens is 2. The first-order valence-electron chi connectivity index (χ1n) is 7.63. The minimum Gasteiger partial charge on any atom is -0.333 e. The average Bonchev–Trinajstić information content (AvgIpc) is 3.31. The van der Waals surface area contributed by atoms with E-state index in [0.29, 0.717) is 5.39 Å². The van der Waals surface area contributed by atoms with Crippen LogP contribution in [0.25, 0.3) is 20.7 Å². The number of nitrogens with one attached hydrogen (secondary N) is 1. The molecular formula is C17H16N3OS3+. The van der Waals surface area contributed by atoms with Gasteiger partial charge in [-0.25, -0.2) is 4.98 Å². The highest BCUT2D eigenvalue weighted by molar-refractivity contribution is 7.18. The highest BCUT2D eigenvalue weighted by Gasteiger charge is 2.17. The molecule has 4 rings (SSSR count). The van der Waals surface area contributed by atoms with Crippen molar-refractivity contribution in [1.29, 1.82) is 0 Å². The van der Waals surface area contributed by atoms with E-state index in [-0.39, 0.29) is 11.6 Å². The standard InChI is InChI=1S/C17H15N3OS3/c1-10(18-8-11-4-2-6-22-11)15-19-16(21)14-12(9-24-17(14)20-15)13-5-3-7-23-13/h2-7,9-10,18H,8H2,1H3,(H,19,20,21)/p+1/t10-/m0/s1. The van der Waals surface area contributed by atoms with E-state index in [1.165, 1.54) is 16.2 Å². The van der Waals surface area contributed by atoms with Crippen LogP contribution in [-0.4, -0.2) is 9.97 Å². The zero-order valence-corrected chi connectivity index (χ0v) is 15.4. The van der Waals surface area contributed by atoms with Gasteiger partial charge in [-0.3, -0.25) is 4.79 Å². The highest BCUT2D eigenvalue weighted by Crippen LogP contribution is 2.33. The molecule has 0 aliphatic heterocycles. The molecule has 0 unspecified atom stereocenters. The molecule has 0 aliphatic rings. The third-order valence-corrected chi connectivity index (χ3v) is 6.61. The Morgan fingerprint density at radius 3 is 2.79 bits per heavy atom. The number of aromatic amines is 1. The van der Waals surface area contributed by atoms with Crippen LogP contribution in [0.3, 0.4) is 0 Å². The summed E-state index contributed by atoms with van der Waals surface area (Å²) in [6.07, 6.45) is 0. The lowest BCUT2D eigenvalue weighted by molar-refractivity contribution is -0.708. The molecule has 4 aromatic rings. The third kappa shape index (κ3) is 2.95. The van der Waals surface area contributed by atoms with Gasteiger partial charge in [0.25, 0.3) is 5.56 Å². The average molecular weight is 375 g/mol. The maximum atomic E-state index is 12.6. The molecule has 0 spiro atoms. The lowest BCUT2D eigenvalue weighted by Crippen LogP contribution is -2.83. The number of quaternary nitrogens is 1. The van der Waals surface area contributed by atoms with E-state index in [2.05, 4.69) is 34.7 Å². The van der Waals surface area contributed by atoms with E-state index in [9.17, 15) is 4.79 Å². The van der Waals surface area contributed by atoms with Crippen LogP contribution in [0.4, 0.5) is 0 Å². The number of H-pyrrole nitrogens is 1. The topological polar surface area (TPSA) is 62.4 Å². The van der Waals surface area contributed by atoms with E-state index < -0.39 is 0 Å². The first kappa shape index (κ1) is 15.7. The molecule has 0 radical (unpaired) electrons. The van der Waals surface area contributed by atoms with Gasteiger partial charge in [0.05, 0.1) is 10.3 Å². The minimum atomic E-state index is -0.0453. The Hall–Kier alpha value is -1.80. The second kappa shape index (κ2) is 6.60. The van der Waals surface area contributed by atoms with E-state index in [1.807, 2.05) is 22.9 Å². The van der Waals surface area contributed by atoms with Crippen molar-refractivity contribution < 1.29 is 5.32 Å². The largest absolute Gasteiger partial charge is 0.333 e. The summed E-state index contributed by atoms with van der Waals surface area (Å²) < 4.78 is 0. The van der Waals surface area contributed by atoms with Crippen LogP contribution in [0.2, 0.25) is 0 Å². The van der Waals surface area contributed by atoms with E-state index in [4.69, 9.17) is 4.98 Å². The number of thiophene rings is 3. The summed E-state index contributed by atoms with van der Waals surface area (Å²) in [5, 5.41) is 9.04. The van der Waals surface area contributed by atoms with Gasteiger partial charge in [0, 0.05) is 15.8 Å². The molecule has 1 atom stereocenters. The van der Waals surface area contributed by atoms with Crippen molar-refractivity contribution in [2.24, 2.45) is 0 Å². The molecule has 122 valence electrons. The molecule has 0 saturated heterocycles. The van der Waals surface area contributed by atoms with Gasteiger partial charge in [0.2, 0.25) is 0 Å². The minimum absolute atomic E-state index is 0.0453. The number of nitrogens with two attached hydrogens (primary N) is 1. The number of hydrogen-bond acceptors (Lipinski definition) is 5. The van der Waals surface area contributed by atoms with E-state index in [1.54, 1.807) is 22.7 Å². The van der Waals surface area contributed by atoms with Crippen LogP contribution in [0.15, 0.2) is 45.2 Å². The second-order valence-corrected chi connectivity index (χ2v) is 8.40. The molecule has 0 aromatic carbocycles. The maximum absolute atomic E-state index is 12.6. The quantitative estimate of drug-likeness (QED) is 0.561. The molecule has 0 fully saturated rings. The van der Waals surface area contributed by atoms with E-state index >= 15 is 0 Å². The van der Waals surface area contributed by atoms with Crippen LogP contribution in [-0.2, 0) is 6.54 Å². The van der Waals surface area contributed by atoms with Crippen molar-refractivity contribution >= 4 is 44.2 Å². The summed E-state index contributed by atoms with van der Waals surface area (Å²) in [6, 6.07) is 8.33. The molecule has 24 heavy (non-hydrogen) atoms. The monoisotopic (exact) mass is 374 g/mol. The molecule has 0 saturated carbocycles. The van der Waals surface area contributed by atoms with Gasteiger partial charge >= 0.3 is 0 Å². The molecule has 4 nitrogen and oxygen atoms in total. The summed E-state index contributed by atoms with van der Waals surface area (Å²) in [5.41, 5.74) is 0.941. The smallest absolute Gasteiger partial charge is 0.260 e. The molecule has 0 bridgehead atoms. The lowest BCUT2D eigenvalue weighted by atomic mass is 10.2. The van der Waals surface area contributed by atoms with Crippen molar-refractivity contribution in [3.8, 4) is 10.4 Å². The second-order valence-electron chi connectivity index (χ2n) is 5.57. The first-order valence-corrected chi connectivity index (χ1v) is 10.3. The first-order chi connectivity index (χ1) is 11.7. The lowest BCUT2D eigenvalue weighted by Gasteiger charge is -2.09. The van der Waals surface area contributed by atoms with Crippen LogP contribution in [0, 0.1) is 0 Å². The zero-order valence-electron chi connectivity index (χ0n) is 13.0. The van der Waals surface area contributed by atoms with Crippen molar-refractivity contribution in [2.45, 2.75) is 19.5 Å². The fraction of sp³-hybridized carbons (Fsp3) is 0.176. The number of nitrogens with zero attached hydrogens (tertiary/aromatic N) is 1. The van der Waals surface area contributed by atoms with Crippen LogP contribution < -0.4 is 10.9 Å². The summed E-state index contributed by atoms with van der Waals surface area (Å²) in [5.74, 6) is 0.739. The molecule has 7 heteroatoms. The van der Waals surface area contributed by atoms with Crippen molar-refractivity contribution in [2.75, 3.05) is 0 Å². The van der Waals surface area contributed by atoms with Crippen molar-refractivity contribution in [3.05, 3.63) is 61.5 Å². The fourth-order valence-corrected chi connectivity index (χ4v) is 5.08. The predicted molar refractivity (Wildman–Crippen MR) is 102 cm³/mol. The van der Waals surface area contributed by atoms with Gasteiger partial charge in [-0.2, -0.15) is 0 Å². The van der Waals surface area contributed by atoms with Gasteiger partial charge in [-0.15, -0.1) is 34.0 Å². The molecule has 3 N–H and O–H groups in total. The Kier molecular flexibility index (Phi) is 4.32. The summed E-state index contributed by atoms with van der Waals surface area (Å²) in [7, 11) is 0. The van der Waals surface area contributed by atoms with E-state index in [0.717, 1.165) is 27.6 Å². The SMILES string of the molecule is C[C@H]([NH2+]Cc1cccs1)c1nc2scc(-c3cccs3)c2c(=O)[nH]1. The Balaban J connectivity index is 1.65. The van der Waals surface area contributed by atoms with Crippen LogP contribution in [0.5, 0.6) is 0 Å². The predicted octanol–water partition coefficient (Wildman–Crippen LogP) is 3.60. The van der Waals surface area contributed by atoms with Crippen molar-refractivity contribution in [3.63, 3.8) is 0 Å². The van der Waals surface area contributed by atoms with Gasteiger partial charge in [-0.1, -0.05) is 12.1 Å². The fourth-order valence-electron chi connectivity index (χ4n) is 2.63. The highest BCUT2D eigenvalue weighted by atomic mass is 32.1. The zero-order chi connectivity index (χ0) is 16.5. The Bertz CT molecular complexity index is 1000. The number of hydrogen-bond donors (Lipinski definition) is 2. The summed E-state index contributed by atoms with van der Waals surface area (Å²) in [4.78, 5) is 23.6. The summed E-state index contributed by atoms with van der Waals surface area (Å²) >= 11 is 4.93. The normalized spacial score (nSPS) is 12.7. The van der Waals surface area contributed by atoms with Crippen LogP contribution >= 0.6 is 34.0 Å². The van der Waals surface area contributed by atoms with Crippen LogP contribution in [0.1, 0.15) is 23.7 Å². The maximum Gasteiger partial charge on any atom is 0.260 e. The Morgan fingerprint density at radius 1 is 1.21 bits per heavy atom. The molecule has 0 aliphatic carbocycles. The molecule has 0 amide bonds. The number of fused-ring (bicyclic) bond motifs is 1. The summed E-state index contributed by atoms with van der Waals surface area (Å²) in [6.45, 7) is 2.97. The van der Waals surface area contributed by atoms with Gasteiger partial charge in [-0.05, 0) is 29.8 Å².